The molecule has 3 rings (SSSR count). The average molecular weight is 426 g/mol. The molecule has 134 valence electrons. The molecule has 0 aromatic carbocycles. The fourth-order valence-electron chi connectivity index (χ4n) is 2.85. The van der Waals surface area contributed by atoms with Crippen molar-refractivity contribution in [2.45, 2.75) is 44.1 Å². The first kappa shape index (κ1) is 18.3. The van der Waals surface area contributed by atoms with Crippen molar-refractivity contribution in [3.63, 3.8) is 0 Å². The van der Waals surface area contributed by atoms with Crippen LogP contribution in [-0.4, -0.2) is 60.9 Å². The summed E-state index contributed by atoms with van der Waals surface area (Å²) in [7, 11) is -4.61. The van der Waals surface area contributed by atoms with E-state index in [-0.39, 0.29) is 21.1 Å². The van der Waals surface area contributed by atoms with Crippen LogP contribution in [0.15, 0.2) is 11.0 Å². The van der Waals surface area contributed by atoms with Crippen molar-refractivity contribution >= 4 is 28.2 Å². The molecule has 0 spiro atoms. The zero-order valence-corrected chi connectivity index (χ0v) is 15.6. The van der Waals surface area contributed by atoms with Gasteiger partial charge in [0.2, 0.25) is 0 Å². The minimum absolute atomic E-state index is 0.116. The quantitative estimate of drug-likeness (QED) is 0.439. The van der Waals surface area contributed by atoms with Gasteiger partial charge in [-0.15, -0.1) is 0 Å². The number of primary amides is 1. The molecule has 0 aliphatic carbocycles. The number of rotatable bonds is 5. The molecule has 2 aliphatic rings. The molecule has 24 heavy (non-hydrogen) atoms. The zero-order valence-electron chi connectivity index (χ0n) is 12.9. The van der Waals surface area contributed by atoms with Gasteiger partial charge in [-0.3, -0.25) is 0 Å². The molecule has 0 unspecified atom stereocenters. The van der Waals surface area contributed by atoms with Crippen LogP contribution in [0.2, 0.25) is 0 Å². The van der Waals surface area contributed by atoms with Gasteiger partial charge in [0.1, 0.15) is 0 Å². The molecule has 11 heteroatoms. The van der Waals surface area contributed by atoms with Crippen LogP contribution in [0, 0.1) is 0 Å². The Balaban J connectivity index is 1.82. The number of phosphoric ester groups is 1. The Labute approximate surface area is 144 Å². The van der Waals surface area contributed by atoms with E-state index in [1.807, 2.05) is 0 Å². The van der Waals surface area contributed by atoms with Crippen LogP contribution >= 0.6 is 7.82 Å². The second-order valence-electron chi connectivity index (χ2n) is 6.05. The third kappa shape index (κ3) is 3.83. The van der Waals surface area contributed by atoms with Crippen LogP contribution in [0.5, 0.6) is 0 Å². The number of phosphoric acid groups is 1. The normalized spacial score (nSPS) is 32.0. The van der Waals surface area contributed by atoms with E-state index in [0.29, 0.717) is 5.56 Å². The number of nitrogens with two attached hydrogens (primary N) is 1. The topological polar surface area (TPSA) is 138 Å². The van der Waals surface area contributed by atoms with Crippen molar-refractivity contribution in [3.8, 4) is 0 Å². The van der Waals surface area contributed by atoms with Gasteiger partial charge >= 0.3 is 144 Å². The van der Waals surface area contributed by atoms with Crippen LogP contribution in [0.1, 0.15) is 34.7 Å². The number of amides is 1. The van der Waals surface area contributed by atoms with Crippen molar-refractivity contribution in [2.24, 2.45) is 5.73 Å². The first-order valence-electron chi connectivity index (χ1n) is 7.15. The molecule has 4 atom stereocenters. The molecule has 1 amide bonds. The van der Waals surface area contributed by atoms with Crippen molar-refractivity contribution < 1.29 is 37.9 Å². The number of hydrogen-bond acceptors (Lipinski definition) is 6. The van der Waals surface area contributed by atoms with Crippen molar-refractivity contribution in [1.82, 2.24) is 0 Å². The molecule has 0 saturated carbocycles. The Bertz CT molecular complexity index is 685. The molecule has 0 radical (unpaired) electrons. The van der Waals surface area contributed by atoms with Crippen LogP contribution < -0.4 is 5.73 Å². The molecule has 2 aliphatic heterocycles. The Hall–Kier alpha value is -0.541. The molecule has 1 aromatic heterocycles. The number of fused-ring (bicyclic) bond motifs is 1. The van der Waals surface area contributed by atoms with Crippen LogP contribution in [0.3, 0.4) is 0 Å². The zero-order chi connectivity index (χ0) is 17.7. The fourth-order valence-corrected chi connectivity index (χ4v) is 5.21. The van der Waals surface area contributed by atoms with Crippen molar-refractivity contribution in [1.29, 1.82) is 0 Å². The summed E-state index contributed by atoms with van der Waals surface area (Å²) in [5.41, 5.74) is 5.72. The Kier molecular flexibility index (Phi) is 4.81. The van der Waals surface area contributed by atoms with E-state index in [9.17, 15) is 9.36 Å². The molecule has 1 aromatic rings. The minimum atomic E-state index is -4.61. The van der Waals surface area contributed by atoms with Crippen molar-refractivity contribution in [3.05, 3.63) is 21.0 Å². The number of hydrogen-bond donors (Lipinski definition) is 3. The van der Waals surface area contributed by atoms with Gasteiger partial charge in [0.25, 0.3) is 0 Å². The van der Waals surface area contributed by atoms with Gasteiger partial charge in [-0.05, 0) is 0 Å². The molecule has 9 nitrogen and oxygen atoms in total. The van der Waals surface area contributed by atoms with E-state index < -0.39 is 43.9 Å². The Morgan fingerprint density at radius 1 is 1.42 bits per heavy atom. The van der Waals surface area contributed by atoms with Gasteiger partial charge in [0, 0.05) is 0 Å². The molecule has 2 fully saturated rings. The first-order chi connectivity index (χ1) is 11.1. The van der Waals surface area contributed by atoms with Gasteiger partial charge < -0.3 is 0 Å². The SMILES string of the molecule is CC1(C)O[C@@H]2[C@H](O1)[C@@H](COP(=O)(O)O)O[C@H]2c1cc(C(N)=O)c[se]1. The van der Waals surface area contributed by atoms with Gasteiger partial charge in [-0.1, -0.05) is 0 Å². The third-order valence-corrected chi connectivity index (χ3v) is 6.31. The first-order valence-corrected chi connectivity index (χ1v) is 10.5. The summed E-state index contributed by atoms with van der Waals surface area (Å²) in [6.45, 7) is 3.19. The predicted octanol–water partition coefficient (Wildman–Crippen LogP) is -0.0882. The molecule has 0 bridgehead atoms. The summed E-state index contributed by atoms with van der Waals surface area (Å²) in [5.74, 6) is -1.35. The standard InChI is InChI=1S/C13H18NO8PSe/c1-13(2)21-9-7(4-19-23(16,17)18)20-10(11(9)22-13)8-3-6(5-24-8)12(14)15/h3,5,7,9-11H,4H2,1-2H3,(H2,14,15)(H2,16,17,18)/t7-,9-,10+,11-/m1/s1. The van der Waals surface area contributed by atoms with E-state index in [1.54, 1.807) is 24.9 Å². The van der Waals surface area contributed by atoms with E-state index >= 15 is 0 Å². The van der Waals surface area contributed by atoms with Crippen LogP contribution in [-0.2, 0) is 23.3 Å². The number of carbonyl (C=O) groups excluding carboxylic acids is 1. The van der Waals surface area contributed by atoms with Crippen molar-refractivity contribution in [2.75, 3.05) is 6.61 Å². The van der Waals surface area contributed by atoms with Crippen LogP contribution in [0.4, 0.5) is 0 Å². The summed E-state index contributed by atoms with van der Waals surface area (Å²) in [6, 6.07) is 1.69. The summed E-state index contributed by atoms with van der Waals surface area (Å²) in [5, 5.41) is 0. The predicted molar refractivity (Wildman–Crippen MR) is 81.3 cm³/mol. The molecule has 2 saturated heterocycles. The summed E-state index contributed by atoms with van der Waals surface area (Å²) in [6.07, 6.45) is -2.14. The van der Waals surface area contributed by atoms with Gasteiger partial charge in [-0.25, -0.2) is 0 Å². The Morgan fingerprint density at radius 3 is 2.67 bits per heavy atom. The van der Waals surface area contributed by atoms with E-state index in [2.05, 4.69) is 4.52 Å². The number of carbonyl (C=O) groups is 1. The molecular formula is C13H18NO8PSe. The van der Waals surface area contributed by atoms with E-state index in [1.165, 1.54) is 0 Å². The second kappa shape index (κ2) is 6.32. The summed E-state index contributed by atoms with van der Waals surface area (Å²) >= 11 is -0.116. The monoisotopic (exact) mass is 427 g/mol. The van der Waals surface area contributed by atoms with Gasteiger partial charge in [0.15, 0.2) is 0 Å². The maximum atomic E-state index is 11.3. The van der Waals surface area contributed by atoms with E-state index in [4.69, 9.17) is 29.7 Å². The summed E-state index contributed by atoms with van der Waals surface area (Å²) in [4.78, 5) is 30.8. The van der Waals surface area contributed by atoms with E-state index in [0.717, 1.165) is 4.44 Å². The maximum absolute atomic E-state index is 11.3. The third-order valence-electron chi connectivity index (χ3n) is 3.74. The second-order valence-corrected chi connectivity index (χ2v) is 9.27. The fraction of sp³-hybridized carbons (Fsp3) is 0.615. The van der Waals surface area contributed by atoms with Gasteiger partial charge in [0.05, 0.1) is 0 Å². The molecular weight excluding hydrogens is 408 g/mol. The molecule has 4 N–H and O–H groups in total. The van der Waals surface area contributed by atoms with Crippen LogP contribution in [0.25, 0.3) is 0 Å². The summed E-state index contributed by atoms with van der Waals surface area (Å²) < 4.78 is 33.9. The number of ether oxygens (including phenoxy) is 3. The Morgan fingerprint density at radius 2 is 2.08 bits per heavy atom. The van der Waals surface area contributed by atoms with Gasteiger partial charge in [-0.2, -0.15) is 0 Å². The molecule has 3 heterocycles. The average Bonchev–Trinajstić information content (AvgIpc) is 3.08.